The van der Waals surface area contributed by atoms with Crippen LogP contribution < -0.4 is 5.32 Å². The summed E-state index contributed by atoms with van der Waals surface area (Å²) in [6, 6.07) is 11.8. The lowest BCUT2D eigenvalue weighted by Crippen LogP contribution is -2.29. The predicted molar refractivity (Wildman–Crippen MR) is 62.4 cm³/mol. The van der Waals surface area contributed by atoms with Crippen molar-refractivity contribution in [3.05, 3.63) is 42.0 Å². The van der Waals surface area contributed by atoms with E-state index in [-0.39, 0.29) is 12.2 Å². The smallest absolute Gasteiger partial charge is 0.342 e. The van der Waals surface area contributed by atoms with Crippen LogP contribution in [0.25, 0.3) is 10.8 Å². The van der Waals surface area contributed by atoms with Gasteiger partial charge in [-0.1, -0.05) is 24.3 Å². The van der Waals surface area contributed by atoms with Gasteiger partial charge < -0.3 is 10.1 Å². The molecule has 0 saturated carbocycles. The molecule has 1 atom stereocenters. The molecule has 0 unspecified atom stereocenters. The topological polar surface area (TPSA) is 38.3 Å². The summed E-state index contributed by atoms with van der Waals surface area (Å²) in [6.45, 7) is 1.82. The highest BCUT2D eigenvalue weighted by Crippen LogP contribution is 2.28. The summed E-state index contributed by atoms with van der Waals surface area (Å²) < 4.78 is 5.11. The summed E-state index contributed by atoms with van der Waals surface area (Å²) in [4.78, 5) is 11.7. The molecule has 1 heterocycles. The quantitative estimate of drug-likeness (QED) is 0.684. The van der Waals surface area contributed by atoms with Gasteiger partial charge in [-0.05, 0) is 29.8 Å². The Morgan fingerprint density at radius 3 is 2.62 bits per heavy atom. The van der Waals surface area contributed by atoms with Gasteiger partial charge >= 0.3 is 5.97 Å². The number of esters is 1. The van der Waals surface area contributed by atoms with Gasteiger partial charge in [-0.2, -0.15) is 0 Å². The first-order valence-electron chi connectivity index (χ1n) is 5.24. The van der Waals surface area contributed by atoms with Crippen LogP contribution in [0.3, 0.4) is 0 Å². The molecule has 0 radical (unpaired) electrons. The first-order chi connectivity index (χ1) is 7.74. The van der Waals surface area contributed by atoms with Crippen LogP contribution in [-0.2, 0) is 4.74 Å². The number of nitrogens with one attached hydrogen (secondary N) is 1. The average Bonchev–Trinajstić information content (AvgIpc) is 2.27. The number of rotatable bonds is 0. The number of ether oxygens (including phenoxy) is 1. The first kappa shape index (κ1) is 9.21. The number of hydrogen-bond acceptors (Lipinski definition) is 3. The van der Waals surface area contributed by atoms with E-state index < -0.39 is 0 Å². The third-order valence-corrected chi connectivity index (χ3v) is 2.75. The molecule has 0 bridgehead atoms. The molecular formula is C13H11NO2. The maximum absolute atomic E-state index is 11.7. The van der Waals surface area contributed by atoms with Crippen molar-refractivity contribution in [1.29, 1.82) is 0 Å². The van der Waals surface area contributed by atoms with Crippen LogP contribution in [-0.4, -0.2) is 12.2 Å². The van der Waals surface area contributed by atoms with Crippen molar-refractivity contribution < 1.29 is 9.53 Å². The van der Waals surface area contributed by atoms with E-state index in [2.05, 4.69) is 5.32 Å². The van der Waals surface area contributed by atoms with E-state index in [0.717, 1.165) is 16.5 Å². The summed E-state index contributed by atoms with van der Waals surface area (Å²) in [5, 5.41) is 5.31. The van der Waals surface area contributed by atoms with Crippen molar-refractivity contribution in [3.8, 4) is 0 Å². The summed E-state index contributed by atoms with van der Waals surface area (Å²) >= 11 is 0. The van der Waals surface area contributed by atoms with Gasteiger partial charge in [0.2, 0.25) is 0 Å². The van der Waals surface area contributed by atoms with Gasteiger partial charge in [-0.3, -0.25) is 0 Å². The minimum absolute atomic E-state index is 0.257. The van der Waals surface area contributed by atoms with Crippen molar-refractivity contribution >= 4 is 22.4 Å². The van der Waals surface area contributed by atoms with Gasteiger partial charge in [0.15, 0.2) is 6.23 Å². The van der Waals surface area contributed by atoms with Gasteiger partial charge in [0, 0.05) is 0 Å². The Labute approximate surface area is 93.0 Å². The van der Waals surface area contributed by atoms with Crippen LogP contribution in [0.4, 0.5) is 5.69 Å². The second-order valence-corrected chi connectivity index (χ2v) is 3.94. The molecule has 0 saturated heterocycles. The van der Waals surface area contributed by atoms with E-state index in [4.69, 9.17) is 4.74 Å². The Balaban J connectivity index is 2.26. The second kappa shape index (κ2) is 3.23. The van der Waals surface area contributed by atoms with Crippen LogP contribution in [0.5, 0.6) is 0 Å². The lowest BCUT2D eigenvalue weighted by atomic mass is 10.0. The van der Waals surface area contributed by atoms with Crippen molar-refractivity contribution in [2.45, 2.75) is 13.2 Å². The van der Waals surface area contributed by atoms with Crippen LogP contribution in [0.2, 0.25) is 0 Å². The second-order valence-electron chi connectivity index (χ2n) is 3.94. The Kier molecular flexibility index (Phi) is 1.86. The molecule has 0 amide bonds. The molecule has 0 spiro atoms. The SMILES string of the molecule is C[C@@H]1Nc2cc3ccccc3cc2C(=O)O1. The van der Waals surface area contributed by atoms with Crippen molar-refractivity contribution in [1.82, 2.24) is 0 Å². The summed E-state index contributed by atoms with van der Waals surface area (Å²) in [5.41, 5.74) is 1.46. The molecule has 0 fully saturated rings. The highest BCUT2D eigenvalue weighted by Gasteiger charge is 2.22. The highest BCUT2D eigenvalue weighted by molar-refractivity contribution is 6.02. The number of fused-ring (bicyclic) bond motifs is 2. The zero-order valence-electron chi connectivity index (χ0n) is 8.86. The fourth-order valence-corrected chi connectivity index (χ4v) is 2.00. The summed E-state index contributed by atoms with van der Waals surface area (Å²) in [5.74, 6) is -0.257. The van der Waals surface area contributed by atoms with Crippen molar-refractivity contribution in [2.75, 3.05) is 5.32 Å². The standard InChI is InChI=1S/C13H11NO2/c1-8-14-12-7-10-5-3-2-4-9(10)6-11(12)13(15)16-8/h2-8,14H,1H3/t8-/m1/s1. The van der Waals surface area contributed by atoms with Crippen molar-refractivity contribution in [3.63, 3.8) is 0 Å². The molecule has 16 heavy (non-hydrogen) atoms. The molecule has 1 N–H and O–H groups in total. The van der Waals surface area contributed by atoms with E-state index in [0.29, 0.717) is 5.56 Å². The fourth-order valence-electron chi connectivity index (χ4n) is 2.00. The van der Waals surface area contributed by atoms with Crippen molar-refractivity contribution in [2.24, 2.45) is 0 Å². The zero-order valence-corrected chi connectivity index (χ0v) is 8.86. The Morgan fingerprint density at radius 1 is 1.19 bits per heavy atom. The van der Waals surface area contributed by atoms with E-state index in [1.54, 1.807) is 0 Å². The molecule has 3 nitrogen and oxygen atoms in total. The number of carbonyl (C=O) groups excluding carboxylic acids is 1. The maximum Gasteiger partial charge on any atom is 0.342 e. The molecule has 2 aromatic carbocycles. The van der Waals surface area contributed by atoms with Gasteiger partial charge in [0.1, 0.15) is 0 Å². The number of anilines is 1. The minimum Gasteiger partial charge on any atom is -0.438 e. The average molecular weight is 213 g/mol. The lowest BCUT2D eigenvalue weighted by Gasteiger charge is -2.24. The minimum atomic E-state index is -0.263. The zero-order chi connectivity index (χ0) is 11.1. The molecule has 0 aromatic heterocycles. The fraction of sp³-hybridized carbons (Fsp3) is 0.154. The van der Waals surface area contributed by atoms with Gasteiger partial charge in [0.05, 0.1) is 11.3 Å². The third kappa shape index (κ3) is 1.33. The van der Waals surface area contributed by atoms with E-state index in [1.807, 2.05) is 43.3 Å². The van der Waals surface area contributed by atoms with Gasteiger partial charge in [-0.25, -0.2) is 4.79 Å². The molecule has 0 aliphatic carbocycles. The van der Waals surface area contributed by atoms with Crippen LogP contribution in [0.15, 0.2) is 36.4 Å². The molecule has 2 aromatic rings. The Hall–Kier alpha value is -2.03. The third-order valence-electron chi connectivity index (χ3n) is 2.75. The van der Waals surface area contributed by atoms with E-state index in [1.165, 1.54) is 0 Å². The summed E-state index contributed by atoms with van der Waals surface area (Å²) in [7, 11) is 0. The summed E-state index contributed by atoms with van der Waals surface area (Å²) in [6.07, 6.45) is -0.263. The number of carbonyl (C=O) groups is 1. The van der Waals surface area contributed by atoms with Crippen LogP contribution in [0.1, 0.15) is 17.3 Å². The van der Waals surface area contributed by atoms with Crippen LogP contribution in [0, 0.1) is 0 Å². The first-order valence-corrected chi connectivity index (χ1v) is 5.24. The monoisotopic (exact) mass is 213 g/mol. The molecule has 1 aliphatic rings. The predicted octanol–water partition coefficient (Wildman–Crippen LogP) is 2.77. The van der Waals surface area contributed by atoms with Crippen LogP contribution >= 0.6 is 0 Å². The molecule has 80 valence electrons. The highest BCUT2D eigenvalue weighted by atomic mass is 16.6. The molecule has 3 heteroatoms. The number of cyclic esters (lactones) is 1. The number of benzene rings is 2. The maximum atomic E-state index is 11.7. The van der Waals surface area contributed by atoms with Gasteiger partial charge in [0.25, 0.3) is 0 Å². The molecular weight excluding hydrogens is 202 g/mol. The normalized spacial score (nSPS) is 18.8. The largest absolute Gasteiger partial charge is 0.438 e. The molecule has 3 rings (SSSR count). The Morgan fingerprint density at radius 2 is 1.88 bits per heavy atom. The molecule has 1 aliphatic heterocycles. The Bertz CT molecular complexity index is 577. The van der Waals surface area contributed by atoms with Gasteiger partial charge in [-0.15, -0.1) is 0 Å². The van der Waals surface area contributed by atoms with E-state index >= 15 is 0 Å². The lowest BCUT2D eigenvalue weighted by molar-refractivity contribution is 0.0370. The number of hydrogen-bond donors (Lipinski definition) is 1. The van der Waals surface area contributed by atoms with E-state index in [9.17, 15) is 4.79 Å².